The summed E-state index contributed by atoms with van der Waals surface area (Å²) in [6.07, 6.45) is 9.12. The van der Waals surface area contributed by atoms with Crippen LogP contribution in [0.4, 0.5) is 0 Å². The third-order valence-electron chi connectivity index (χ3n) is 4.45. The first-order valence-electron chi connectivity index (χ1n) is 6.65. The molecule has 3 nitrogen and oxygen atoms in total. The van der Waals surface area contributed by atoms with Gasteiger partial charge in [-0.3, -0.25) is 4.98 Å². The molecule has 0 radical (unpaired) electrons. The molecule has 0 aromatic carbocycles. The minimum Gasteiger partial charge on any atom is -0.389 e. The zero-order chi connectivity index (χ0) is 11.7. The number of nitrogens with one attached hydrogen (secondary N) is 1. The monoisotopic (exact) mass is 304 g/mol. The molecule has 3 unspecified atom stereocenters. The SMILES string of the molecule is Cl.Cl.OC12CCCCC1C(c1ccncc1)NCC2. The average molecular weight is 305 g/mol. The number of piperidine rings is 1. The average Bonchev–Trinajstić information content (AvgIpc) is 2.38. The molecule has 19 heavy (non-hydrogen) atoms. The van der Waals surface area contributed by atoms with Gasteiger partial charge in [0.15, 0.2) is 0 Å². The highest BCUT2D eigenvalue weighted by Gasteiger charge is 2.45. The summed E-state index contributed by atoms with van der Waals surface area (Å²) in [5, 5.41) is 14.3. The molecule has 2 heterocycles. The summed E-state index contributed by atoms with van der Waals surface area (Å²) >= 11 is 0. The Balaban J connectivity index is 0.000000902. The highest BCUT2D eigenvalue weighted by atomic mass is 35.5. The lowest BCUT2D eigenvalue weighted by molar-refractivity contribution is -0.0861. The standard InChI is InChI=1S/C14H20N2O.2ClH/c17-14-6-2-1-3-12(14)13(16-10-7-14)11-4-8-15-9-5-11;;/h4-5,8-9,12-13,16-17H,1-3,6-7,10H2;2*1H. The second-order valence-electron chi connectivity index (χ2n) is 5.42. The van der Waals surface area contributed by atoms with Crippen molar-refractivity contribution in [1.82, 2.24) is 10.3 Å². The first kappa shape index (κ1) is 16.7. The maximum Gasteiger partial charge on any atom is 0.0706 e. The van der Waals surface area contributed by atoms with Gasteiger partial charge in [0.25, 0.3) is 0 Å². The maximum atomic E-state index is 10.8. The van der Waals surface area contributed by atoms with Crippen LogP contribution in [0.15, 0.2) is 24.5 Å². The molecule has 1 aliphatic carbocycles. The van der Waals surface area contributed by atoms with E-state index < -0.39 is 5.60 Å². The highest BCUT2D eigenvalue weighted by molar-refractivity contribution is 5.85. The number of pyridine rings is 1. The van der Waals surface area contributed by atoms with E-state index in [4.69, 9.17) is 0 Å². The first-order chi connectivity index (χ1) is 8.30. The summed E-state index contributed by atoms with van der Waals surface area (Å²) in [7, 11) is 0. The van der Waals surface area contributed by atoms with Gasteiger partial charge in [-0.15, -0.1) is 24.8 Å². The lowest BCUT2D eigenvalue weighted by atomic mass is 9.67. The molecular weight excluding hydrogens is 283 g/mol. The summed E-state index contributed by atoms with van der Waals surface area (Å²) in [6.45, 7) is 0.917. The fraction of sp³-hybridized carbons (Fsp3) is 0.643. The Morgan fingerprint density at radius 3 is 2.63 bits per heavy atom. The predicted octanol–water partition coefficient (Wildman–Crippen LogP) is 2.88. The van der Waals surface area contributed by atoms with E-state index in [0.29, 0.717) is 12.0 Å². The fourth-order valence-electron chi connectivity index (χ4n) is 3.54. The Hall–Kier alpha value is -0.350. The number of halogens is 2. The van der Waals surface area contributed by atoms with Crippen LogP contribution >= 0.6 is 24.8 Å². The zero-order valence-electron chi connectivity index (χ0n) is 10.9. The molecule has 3 rings (SSSR count). The minimum absolute atomic E-state index is 0. The number of nitrogens with zero attached hydrogens (tertiary/aromatic N) is 1. The number of aliphatic hydroxyl groups is 1. The Kier molecular flexibility index (Phi) is 6.06. The van der Waals surface area contributed by atoms with E-state index in [1.54, 1.807) is 0 Å². The van der Waals surface area contributed by atoms with Crippen molar-refractivity contribution in [3.63, 3.8) is 0 Å². The molecule has 108 valence electrons. The van der Waals surface area contributed by atoms with Gasteiger partial charge in [-0.1, -0.05) is 12.8 Å². The molecule has 2 aliphatic rings. The molecule has 1 aromatic rings. The fourth-order valence-corrected chi connectivity index (χ4v) is 3.54. The Labute approximate surface area is 127 Å². The number of hydrogen-bond donors (Lipinski definition) is 2. The van der Waals surface area contributed by atoms with E-state index in [1.165, 1.54) is 18.4 Å². The van der Waals surface area contributed by atoms with E-state index in [-0.39, 0.29) is 24.8 Å². The van der Waals surface area contributed by atoms with Gasteiger partial charge in [0.2, 0.25) is 0 Å². The van der Waals surface area contributed by atoms with Crippen LogP contribution in [0.2, 0.25) is 0 Å². The van der Waals surface area contributed by atoms with Crippen molar-refractivity contribution in [3.8, 4) is 0 Å². The van der Waals surface area contributed by atoms with Crippen LogP contribution < -0.4 is 5.32 Å². The lowest BCUT2D eigenvalue weighted by Crippen LogP contribution is -2.53. The van der Waals surface area contributed by atoms with E-state index in [0.717, 1.165) is 25.8 Å². The van der Waals surface area contributed by atoms with Gasteiger partial charge in [-0.05, 0) is 43.5 Å². The summed E-state index contributed by atoms with van der Waals surface area (Å²) in [5.74, 6) is 0.368. The van der Waals surface area contributed by atoms with Crippen LogP contribution in [-0.4, -0.2) is 22.2 Å². The van der Waals surface area contributed by atoms with Crippen LogP contribution in [0.5, 0.6) is 0 Å². The molecule has 0 amide bonds. The van der Waals surface area contributed by atoms with E-state index >= 15 is 0 Å². The molecule has 1 aliphatic heterocycles. The molecule has 0 bridgehead atoms. The molecule has 2 fully saturated rings. The molecule has 1 saturated carbocycles. The minimum atomic E-state index is -0.433. The summed E-state index contributed by atoms with van der Waals surface area (Å²) in [6, 6.07) is 4.44. The van der Waals surface area contributed by atoms with Crippen LogP contribution in [-0.2, 0) is 0 Å². The molecule has 0 spiro atoms. The molecule has 1 aromatic heterocycles. The van der Waals surface area contributed by atoms with Crippen molar-refractivity contribution >= 4 is 24.8 Å². The van der Waals surface area contributed by atoms with Gasteiger partial charge in [-0.2, -0.15) is 0 Å². The van der Waals surface area contributed by atoms with Crippen LogP contribution in [0.3, 0.4) is 0 Å². The smallest absolute Gasteiger partial charge is 0.0706 e. The highest BCUT2D eigenvalue weighted by Crippen LogP contribution is 2.45. The Bertz CT molecular complexity index is 386. The predicted molar refractivity (Wildman–Crippen MR) is 81.0 cm³/mol. The Morgan fingerprint density at radius 1 is 1.16 bits per heavy atom. The number of fused-ring (bicyclic) bond motifs is 1. The van der Waals surface area contributed by atoms with Gasteiger partial charge >= 0.3 is 0 Å². The third-order valence-corrected chi connectivity index (χ3v) is 4.45. The zero-order valence-corrected chi connectivity index (χ0v) is 12.6. The summed E-state index contributed by atoms with van der Waals surface area (Å²) in [5.41, 5.74) is 0.835. The molecule has 1 saturated heterocycles. The number of hydrogen-bond acceptors (Lipinski definition) is 3. The first-order valence-corrected chi connectivity index (χ1v) is 6.65. The van der Waals surface area contributed by atoms with Crippen LogP contribution in [0.25, 0.3) is 0 Å². The van der Waals surface area contributed by atoms with Crippen molar-refractivity contribution in [2.24, 2.45) is 5.92 Å². The quantitative estimate of drug-likeness (QED) is 0.838. The lowest BCUT2D eigenvalue weighted by Gasteiger charge is -2.48. The Morgan fingerprint density at radius 2 is 1.89 bits per heavy atom. The van der Waals surface area contributed by atoms with Crippen molar-refractivity contribution in [2.45, 2.75) is 43.7 Å². The number of aromatic nitrogens is 1. The van der Waals surface area contributed by atoms with Crippen molar-refractivity contribution in [3.05, 3.63) is 30.1 Å². The molecule has 2 N–H and O–H groups in total. The molecule has 3 atom stereocenters. The normalized spacial score (nSPS) is 33.5. The van der Waals surface area contributed by atoms with Crippen LogP contribution in [0, 0.1) is 5.92 Å². The van der Waals surface area contributed by atoms with Gasteiger partial charge in [0.05, 0.1) is 5.60 Å². The topological polar surface area (TPSA) is 45.2 Å². The van der Waals surface area contributed by atoms with E-state index in [2.05, 4.69) is 22.4 Å². The largest absolute Gasteiger partial charge is 0.389 e. The molecular formula is C14H22Cl2N2O. The van der Waals surface area contributed by atoms with Crippen LogP contribution in [0.1, 0.15) is 43.7 Å². The van der Waals surface area contributed by atoms with E-state index in [9.17, 15) is 5.11 Å². The van der Waals surface area contributed by atoms with Crippen molar-refractivity contribution in [1.29, 1.82) is 0 Å². The third kappa shape index (κ3) is 3.22. The van der Waals surface area contributed by atoms with Gasteiger partial charge in [-0.25, -0.2) is 0 Å². The van der Waals surface area contributed by atoms with Crippen molar-refractivity contribution < 1.29 is 5.11 Å². The summed E-state index contributed by atoms with van der Waals surface area (Å²) in [4.78, 5) is 4.07. The maximum absolute atomic E-state index is 10.8. The second-order valence-corrected chi connectivity index (χ2v) is 5.42. The van der Waals surface area contributed by atoms with Gasteiger partial charge in [0, 0.05) is 24.4 Å². The summed E-state index contributed by atoms with van der Waals surface area (Å²) < 4.78 is 0. The van der Waals surface area contributed by atoms with E-state index in [1.807, 2.05) is 12.4 Å². The van der Waals surface area contributed by atoms with Gasteiger partial charge in [0.1, 0.15) is 0 Å². The van der Waals surface area contributed by atoms with Crippen molar-refractivity contribution in [2.75, 3.05) is 6.54 Å². The second kappa shape index (κ2) is 6.89. The van der Waals surface area contributed by atoms with Gasteiger partial charge < -0.3 is 10.4 Å². The molecule has 5 heteroatoms. The number of rotatable bonds is 1.